The molecule has 1 fully saturated rings. The maximum Gasteiger partial charge on any atom is 0.210 e. The number of fused-ring (bicyclic) bond motifs is 3. The van der Waals surface area contributed by atoms with Gasteiger partial charge in [-0.05, 0) is 66.9 Å². The number of β-amino-alcohol motifs (C(OH)–C–C–N with tert-alkyl or cyclic N) is 1. The molecule has 2 aliphatic rings. The molecule has 6 rings (SSSR count). The van der Waals surface area contributed by atoms with Crippen molar-refractivity contribution in [1.29, 1.82) is 0 Å². The first kappa shape index (κ1) is 30.9. The highest BCUT2D eigenvalue weighted by Gasteiger charge is 2.31. The quantitative estimate of drug-likeness (QED) is 0.249. The molecule has 3 aromatic carbocycles. The van der Waals surface area contributed by atoms with E-state index in [1.807, 2.05) is 71.6 Å². The number of hydrogen-bond donors (Lipinski definition) is 2. The smallest absolute Gasteiger partial charge is 0.210 e. The van der Waals surface area contributed by atoms with E-state index >= 15 is 0 Å². The third-order valence-corrected chi connectivity index (χ3v) is 8.24. The summed E-state index contributed by atoms with van der Waals surface area (Å²) in [6.45, 7) is 6.98. The molecule has 2 N–H and O–H groups in total. The Morgan fingerprint density at radius 2 is 1.77 bits per heavy atom. The number of nitrogens with zero attached hydrogens (tertiary/aromatic N) is 2. The average molecular weight is 606 g/mol. The normalized spacial score (nSPS) is 17.5. The van der Waals surface area contributed by atoms with Crippen LogP contribution >= 0.6 is 11.6 Å². The van der Waals surface area contributed by atoms with Gasteiger partial charge in [0.1, 0.15) is 11.5 Å². The van der Waals surface area contributed by atoms with Crippen LogP contribution in [0.15, 0.2) is 66.7 Å². The lowest BCUT2D eigenvalue weighted by Gasteiger charge is -2.33. The van der Waals surface area contributed by atoms with Gasteiger partial charge in [-0.15, -0.1) is 0 Å². The second-order valence-corrected chi connectivity index (χ2v) is 11.4. The molecule has 2 atom stereocenters. The Morgan fingerprint density at radius 3 is 2.47 bits per heavy atom. The molecule has 1 aromatic heterocycles. The second kappa shape index (κ2) is 14.8. The number of aliphatic hydroxyl groups excluding tert-OH is 1. The van der Waals surface area contributed by atoms with Gasteiger partial charge in [-0.2, -0.15) is 0 Å². The zero-order valence-electron chi connectivity index (χ0n) is 24.8. The van der Waals surface area contributed by atoms with Crippen LogP contribution in [0.25, 0.3) is 10.9 Å². The number of halogens is 1. The highest BCUT2D eigenvalue weighted by atomic mass is 35.5. The van der Waals surface area contributed by atoms with Crippen molar-refractivity contribution < 1.29 is 24.1 Å². The van der Waals surface area contributed by atoms with Gasteiger partial charge >= 0.3 is 0 Å². The molecule has 8 nitrogen and oxygen atoms in total. The Bertz CT molecular complexity index is 1470. The molecule has 0 aliphatic carbocycles. The van der Waals surface area contributed by atoms with E-state index in [0.717, 1.165) is 72.8 Å². The van der Waals surface area contributed by atoms with Gasteiger partial charge in [-0.1, -0.05) is 41.4 Å². The molecule has 4 aromatic rings. The average Bonchev–Trinajstić information content (AvgIpc) is 3.40. The number of aromatic nitrogens is 1. The number of nitrogens with one attached hydrogen (secondary N) is 1. The summed E-state index contributed by atoms with van der Waals surface area (Å²) in [5.74, 6) is 1.67. The first-order valence-electron chi connectivity index (χ1n) is 14.8. The van der Waals surface area contributed by atoms with Crippen LogP contribution in [0.1, 0.15) is 34.8 Å². The minimum atomic E-state index is -0.422. The summed E-state index contributed by atoms with van der Waals surface area (Å²) in [5.41, 5.74) is 5.56. The van der Waals surface area contributed by atoms with Crippen molar-refractivity contribution in [2.24, 2.45) is 0 Å². The van der Waals surface area contributed by atoms with Crippen LogP contribution in [0.4, 0.5) is 0 Å². The maximum atomic E-state index is 11.9. The molecule has 0 bridgehead atoms. The number of ether oxygens (including phenoxy) is 3. The van der Waals surface area contributed by atoms with Crippen LogP contribution < -0.4 is 9.47 Å². The Morgan fingerprint density at radius 1 is 1.05 bits per heavy atom. The highest BCUT2D eigenvalue weighted by molar-refractivity contribution is 6.31. The fraction of sp³-hybridized carbons (Fsp3) is 0.382. The number of hydrogen-bond acceptors (Lipinski definition) is 6. The van der Waals surface area contributed by atoms with Gasteiger partial charge < -0.3 is 29.2 Å². The molecule has 3 heterocycles. The highest BCUT2D eigenvalue weighted by Crippen LogP contribution is 2.38. The lowest BCUT2D eigenvalue weighted by molar-refractivity contribution is -0.120. The van der Waals surface area contributed by atoms with Gasteiger partial charge in [-0.3, -0.25) is 9.69 Å². The number of methoxy groups -OCH3 is 1. The zero-order chi connectivity index (χ0) is 30.2. The lowest BCUT2D eigenvalue weighted by Crippen LogP contribution is -2.41. The molecule has 2 aliphatic heterocycles. The Labute approximate surface area is 258 Å². The number of benzene rings is 3. The summed E-state index contributed by atoms with van der Waals surface area (Å²) in [5, 5.41) is 12.1. The van der Waals surface area contributed by atoms with Crippen LogP contribution in [-0.2, 0) is 16.0 Å². The monoisotopic (exact) mass is 605 g/mol. The number of amides is 1. The largest absolute Gasteiger partial charge is 0.497 e. The van der Waals surface area contributed by atoms with Crippen LogP contribution in [0.2, 0.25) is 5.02 Å². The van der Waals surface area contributed by atoms with Crippen molar-refractivity contribution in [1.82, 2.24) is 14.8 Å². The third-order valence-electron chi connectivity index (χ3n) is 8.01. The standard InChI is InChI=1S/C26H30ClN3O4.C8H10O/c27-19-3-6-24-23(15-19)22-7-9-30(17-31)26(25(22)28-24)18-1-4-21(5-2-18)34-12-8-20(32)16-29-10-13-33-14-11-29;1-7-3-5-8(9-2)6-4-7/h1-6,15,17,20,26,28,32H,7-14,16H2;3-6H,1-2H3/t20?,26-;/m0./s1. The van der Waals surface area contributed by atoms with Crippen molar-refractivity contribution in [2.45, 2.75) is 31.9 Å². The van der Waals surface area contributed by atoms with E-state index < -0.39 is 6.10 Å². The Hall–Kier alpha value is -3.56. The fourth-order valence-corrected chi connectivity index (χ4v) is 5.83. The van der Waals surface area contributed by atoms with Gasteiger partial charge in [0.05, 0.1) is 39.1 Å². The first-order chi connectivity index (χ1) is 20.9. The Kier molecular flexibility index (Phi) is 10.6. The minimum Gasteiger partial charge on any atom is -0.497 e. The Balaban J connectivity index is 0.000000351. The lowest BCUT2D eigenvalue weighted by atomic mass is 9.93. The summed E-state index contributed by atoms with van der Waals surface area (Å²) in [4.78, 5) is 19.4. The van der Waals surface area contributed by atoms with Gasteiger partial charge in [0, 0.05) is 54.2 Å². The summed E-state index contributed by atoms with van der Waals surface area (Å²) < 4.78 is 16.2. The zero-order valence-corrected chi connectivity index (χ0v) is 25.6. The van der Waals surface area contributed by atoms with E-state index in [1.165, 1.54) is 11.1 Å². The minimum absolute atomic E-state index is 0.183. The number of carbonyl (C=O) groups is 1. The molecular weight excluding hydrogens is 566 g/mol. The van der Waals surface area contributed by atoms with Gasteiger partial charge in [0.2, 0.25) is 6.41 Å². The van der Waals surface area contributed by atoms with Crippen molar-refractivity contribution in [3.63, 3.8) is 0 Å². The number of morpholine rings is 1. The molecule has 228 valence electrons. The van der Waals surface area contributed by atoms with E-state index in [9.17, 15) is 9.90 Å². The van der Waals surface area contributed by atoms with Crippen LogP contribution in [0, 0.1) is 6.92 Å². The molecule has 1 amide bonds. The number of aryl methyl sites for hydroxylation is 1. The summed E-state index contributed by atoms with van der Waals surface area (Å²) in [6, 6.07) is 21.5. The summed E-state index contributed by atoms with van der Waals surface area (Å²) in [7, 11) is 1.67. The molecule has 9 heteroatoms. The predicted molar refractivity (Wildman–Crippen MR) is 169 cm³/mol. The van der Waals surface area contributed by atoms with E-state index in [1.54, 1.807) is 7.11 Å². The molecule has 1 unspecified atom stereocenters. The van der Waals surface area contributed by atoms with E-state index in [0.29, 0.717) is 31.1 Å². The molecular formula is C34H40ClN3O5. The first-order valence-corrected chi connectivity index (χ1v) is 15.2. The molecule has 0 radical (unpaired) electrons. The van der Waals surface area contributed by atoms with E-state index in [-0.39, 0.29) is 6.04 Å². The van der Waals surface area contributed by atoms with Crippen molar-refractivity contribution in [3.8, 4) is 11.5 Å². The van der Waals surface area contributed by atoms with E-state index in [4.69, 9.17) is 25.8 Å². The van der Waals surface area contributed by atoms with Crippen molar-refractivity contribution in [3.05, 3.63) is 94.1 Å². The van der Waals surface area contributed by atoms with Gasteiger partial charge in [0.15, 0.2) is 0 Å². The molecule has 43 heavy (non-hydrogen) atoms. The van der Waals surface area contributed by atoms with Gasteiger partial charge in [0.25, 0.3) is 0 Å². The number of carbonyl (C=O) groups excluding carboxylic acids is 1. The van der Waals surface area contributed by atoms with Gasteiger partial charge in [-0.25, -0.2) is 0 Å². The second-order valence-electron chi connectivity index (χ2n) is 11.0. The third kappa shape index (κ3) is 7.89. The summed E-state index contributed by atoms with van der Waals surface area (Å²) >= 11 is 6.24. The van der Waals surface area contributed by atoms with Crippen molar-refractivity contribution in [2.75, 3.05) is 53.1 Å². The molecule has 0 saturated carbocycles. The van der Waals surface area contributed by atoms with Crippen molar-refractivity contribution >= 4 is 28.9 Å². The van der Waals surface area contributed by atoms with Crippen LogP contribution in [-0.4, -0.2) is 85.5 Å². The number of rotatable bonds is 9. The molecule has 1 saturated heterocycles. The number of H-pyrrole nitrogens is 1. The van der Waals surface area contributed by atoms with Crippen LogP contribution in [0.3, 0.4) is 0 Å². The molecule has 0 spiro atoms. The topological polar surface area (TPSA) is 87.3 Å². The fourth-order valence-electron chi connectivity index (χ4n) is 5.66. The summed E-state index contributed by atoms with van der Waals surface area (Å²) in [6.07, 6.45) is 1.86. The van der Waals surface area contributed by atoms with E-state index in [2.05, 4.69) is 16.8 Å². The van der Waals surface area contributed by atoms with Crippen LogP contribution in [0.5, 0.6) is 11.5 Å². The predicted octanol–water partition coefficient (Wildman–Crippen LogP) is 5.39. The SMILES string of the molecule is COc1ccc(C)cc1.O=CN1CCc2c([nH]c3ccc(Cl)cc23)[C@@H]1c1ccc(OCCC(O)CN2CCOCC2)cc1. The number of aliphatic hydroxyl groups is 1. The maximum absolute atomic E-state index is 11.9. The number of aromatic amines is 1.